The maximum atomic E-state index is 12.5. The van der Waals surface area contributed by atoms with Crippen LogP contribution in [0.4, 0.5) is 0 Å². The van der Waals surface area contributed by atoms with Gasteiger partial charge in [0.1, 0.15) is 10.6 Å². The summed E-state index contributed by atoms with van der Waals surface area (Å²) < 4.78 is 5.14. The van der Waals surface area contributed by atoms with E-state index in [-0.39, 0.29) is 5.91 Å². The highest BCUT2D eigenvalue weighted by atomic mass is 32.1. The molecule has 0 saturated carbocycles. The Morgan fingerprint density at radius 1 is 1.08 bits per heavy atom. The first kappa shape index (κ1) is 15.6. The van der Waals surface area contributed by atoms with Gasteiger partial charge in [-0.2, -0.15) is 0 Å². The van der Waals surface area contributed by atoms with Crippen LogP contribution in [0.15, 0.2) is 60.7 Å². The van der Waals surface area contributed by atoms with Gasteiger partial charge in [-0.1, -0.05) is 30.3 Å². The Morgan fingerprint density at radius 2 is 1.88 bits per heavy atom. The number of para-hydroxylation sites is 1. The van der Waals surface area contributed by atoms with Crippen molar-refractivity contribution in [3.63, 3.8) is 0 Å². The number of hydrogen-bond acceptors (Lipinski definition) is 4. The van der Waals surface area contributed by atoms with Crippen molar-refractivity contribution in [1.82, 2.24) is 10.3 Å². The average molecular weight is 348 g/mol. The quantitative estimate of drug-likeness (QED) is 0.595. The van der Waals surface area contributed by atoms with Crippen molar-refractivity contribution < 1.29 is 9.53 Å². The van der Waals surface area contributed by atoms with Crippen molar-refractivity contribution in [2.45, 2.75) is 6.54 Å². The van der Waals surface area contributed by atoms with Gasteiger partial charge < -0.3 is 10.1 Å². The molecule has 124 valence electrons. The standard InChI is InChI=1S/C20H16N2O2S/c1-24-16-8-6-13(7-9-16)12-21-19(23)18-11-15-10-14-4-2-3-5-17(14)22-20(15)25-18/h2-11H,12H2,1H3,(H,21,23). The van der Waals surface area contributed by atoms with Gasteiger partial charge in [0.05, 0.1) is 17.5 Å². The second-order valence-corrected chi connectivity index (χ2v) is 6.75. The molecule has 0 aliphatic rings. The number of carbonyl (C=O) groups excluding carboxylic acids is 1. The first-order valence-corrected chi connectivity index (χ1v) is 8.75. The zero-order valence-electron chi connectivity index (χ0n) is 13.7. The van der Waals surface area contributed by atoms with E-state index >= 15 is 0 Å². The third-order valence-electron chi connectivity index (χ3n) is 4.05. The summed E-state index contributed by atoms with van der Waals surface area (Å²) in [5.41, 5.74) is 1.97. The number of hydrogen-bond donors (Lipinski definition) is 1. The molecule has 4 aromatic rings. The molecule has 1 amide bonds. The molecule has 0 aliphatic carbocycles. The molecule has 0 radical (unpaired) electrons. The normalized spacial score (nSPS) is 10.9. The Bertz CT molecular complexity index is 1000. The van der Waals surface area contributed by atoms with Crippen LogP contribution in [0.1, 0.15) is 15.2 Å². The SMILES string of the molecule is COc1ccc(CNC(=O)c2cc3cc4ccccc4nc3s2)cc1. The van der Waals surface area contributed by atoms with Gasteiger partial charge in [0.2, 0.25) is 0 Å². The summed E-state index contributed by atoms with van der Waals surface area (Å²) in [7, 11) is 1.63. The smallest absolute Gasteiger partial charge is 0.261 e. The second-order valence-electron chi connectivity index (χ2n) is 5.72. The maximum Gasteiger partial charge on any atom is 0.261 e. The number of pyridine rings is 1. The second kappa shape index (κ2) is 6.53. The lowest BCUT2D eigenvalue weighted by atomic mass is 10.2. The van der Waals surface area contributed by atoms with Crippen molar-refractivity contribution >= 4 is 38.4 Å². The van der Waals surface area contributed by atoms with Gasteiger partial charge in [-0.25, -0.2) is 4.98 Å². The number of rotatable bonds is 4. The number of ether oxygens (including phenoxy) is 1. The van der Waals surface area contributed by atoms with Gasteiger partial charge >= 0.3 is 0 Å². The van der Waals surface area contributed by atoms with E-state index in [4.69, 9.17) is 4.74 Å². The predicted octanol–water partition coefficient (Wildman–Crippen LogP) is 4.39. The molecule has 0 bridgehead atoms. The van der Waals surface area contributed by atoms with Gasteiger partial charge in [-0.3, -0.25) is 4.79 Å². The van der Waals surface area contributed by atoms with Crippen LogP contribution in [0.5, 0.6) is 5.75 Å². The molecule has 0 spiro atoms. The molecule has 2 heterocycles. The van der Waals surface area contributed by atoms with E-state index in [1.54, 1.807) is 7.11 Å². The van der Waals surface area contributed by atoms with Gasteiger partial charge in [0.25, 0.3) is 5.91 Å². The Labute approximate surface area is 149 Å². The molecule has 2 aromatic heterocycles. The largest absolute Gasteiger partial charge is 0.497 e. The lowest BCUT2D eigenvalue weighted by molar-refractivity contribution is 0.0955. The number of aromatic nitrogens is 1. The molecule has 0 saturated heterocycles. The summed E-state index contributed by atoms with van der Waals surface area (Å²) in [6.45, 7) is 0.479. The monoisotopic (exact) mass is 348 g/mol. The fraction of sp³-hybridized carbons (Fsp3) is 0.100. The van der Waals surface area contributed by atoms with Crippen LogP contribution in [-0.4, -0.2) is 18.0 Å². The summed E-state index contributed by atoms with van der Waals surface area (Å²) in [6, 6.07) is 19.6. The highest BCUT2D eigenvalue weighted by Gasteiger charge is 2.11. The highest BCUT2D eigenvalue weighted by Crippen LogP contribution is 2.27. The zero-order chi connectivity index (χ0) is 17.2. The van der Waals surface area contributed by atoms with Gasteiger partial charge in [-0.05, 0) is 35.9 Å². The number of fused-ring (bicyclic) bond motifs is 2. The summed E-state index contributed by atoms with van der Waals surface area (Å²) in [4.78, 5) is 18.6. The average Bonchev–Trinajstić information content (AvgIpc) is 3.07. The van der Waals surface area contributed by atoms with Crippen LogP contribution in [-0.2, 0) is 6.54 Å². The molecule has 25 heavy (non-hydrogen) atoms. The Balaban J connectivity index is 1.53. The minimum atomic E-state index is -0.0807. The van der Waals surface area contributed by atoms with Crippen LogP contribution in [0, 0.1) is 0 Å². The fourth-order valence-corrected chi connectivity index (χ4v) is 3.64. The van der Waals surface area contributed by atoms with E-state index in [1.165, 1.54) is 11.3 Å². The lowest BCUT2D eigenvalue weighted by Crippen LogP contribution is -2.21. The highest BCUT2D eigenvalue weighted by molar-refractivity contribution is 7.20. The van der Waals surface area contributed by atoms with Crippen molar-refractivity contribution in [2.75, 3.05) is 7.11 Å². The Morgan fingerprint density at radius 3 is 2.68 bits per heavy atom. The molecule has 0 fully saturated rings. The van der Waals surface area contributed by atoms with E-state index in [1.807, 2.05) is 54.6 Å². The van der Waals surface area contributed by atoms with E-state index < -0.39 is 0 Å². The lowest BCUT2D eigenvalue weighted by Gasteiger charge is -2.05. The molecular weight excluding hydrogens is 332 g/mol. The fourth-order valence-electron chi connectivity index (χ4n) is 2.70. The zero-order valence-corrected chi connectivity index (χ0v) is 14.5. The van der Waals surface area contributed by atoms with Crippen molar-refractivity contribution in [3.05, 3.63) is 71.1 Å². The number of benzene rings is 2. The predicted molar refractivity (Wildman–Crippen MR) is 101 cm³/mol. The minimum Gasteiger partial charge on any atom is -0.497 e. The van der Waals surface area contributed by atoms with Crippen molar-refractivity contribution in [2.24, 2.45) is 0 Å². The van der Waals surface area contributed by atoms with E-state index in [0.717, 1.165) is 32.4 Å². The molecule has 4 rings (SSSR count). The molecule has 0 atom stereocenters. The van der Waals surface area contributed by atoms with Gasteiger partial charge in [0.15, 0.2) is 0 Å². The number of nitrogens with zero attached hydrogens (tertiary/aromatic N) is 1. The molecular formula is C20H16N2O2S. The molecule has 2 aromatic carbocycles. The third kappa shape index (κ3) is 3.19. The number of thiophene rings is 1. The van der Waals surface area contributed by atoms with Crippen LogP contribution in [0.2, 0.25) is 0 Å². The van der Waals surface area contributed by atoms with Crippen molar-refractivity contribution in [3.8, 4) is 5.75 Å². The summed E-state index contributed by atoms with van der Waals surface area (Å²) in [5, 5.41) is 5.04. The maximum absolute atomic E-state index is 12.5. The van der Waals surface area contributed by atoms with Crippen LogP contribution in [0.25, 0.3) is 21.1 Å². The number of methoxy groups -OCH3 is 1. The number of carbonyl (C=O) groups is 1. The topological polar surface area (TPSA) is 51.2 Å². The molecule has 0 unspecified atom stereocenters. The number of nitrogens with one attached hydrogen (secondary N) is 1. The van der Waals surface area contributed by atoms with Gasteiger partial charge in [0, 0.05) is 17.3 Å². The first-order valence-electron chi connectivity index (χ1n) is 7.93. The summed E-state index contributed by atoms with van der Waals surface area (Å²) in [5.74, 6) is 0.723. The van der Waals surface area contributed by atoms with Crippen LogP contribution >= 0.6 is 11.3 Å². The Hall–Kier alpha value is -2.92. The molecule has 4 nitrogen and oxygen atoms in total. The van der Waals surface area contributed by atoms with Gasteiger partial charge in [-0.15, -0.1) is 11.3 Å². The first-order chi connectivity index (χ1) is 12.2. The third-order valence-corrected chi connectivity index (χ3v) is 5.09. The molecule has 5 heteroatoms. The van der Waals surface area contributed by atoms with Crippen LogP contribution < -0.4 is 10.1 Å². The van der Waals surface area contributed by atoms with Crippen molar-refractivity contribution in [1.29, 1.82) is 0 Å². The molecule has 0 aliphatic heterocycles. The summed E-state index contributed by atoms with van der Waals surface area (Å²) >= 11 is 1.42. The Kier molecular flexibility index (Phi) is 4.07. The molecule has 1 N–H and O–H groups in total. The van der Waals surface area contributed by atoms with E-state index in [9.17, 15) is 4.79 Å². The number of amides is 1. The van der Waals surface area contributed by atoms with E-state index in [2.05, 4.69) is 16.4 Å². The van der Waals surface area contributed by atoms with Crippen LogP contribution in [0.3, 0.4) is 0 Å². The minimum absolute atomic E-state index is 0.0807. The van der Waals surface area contributed by atoms with E-state index in [0.29, 0.717) is 11.4 Å². The summed E-state index contributed by atoms with van der Waals surface area (Å²) in [6.07, 6.45) is 0.